The van der Waals surface area contributed by atoms with Crippen LogP contribution in [0.2, 0.25) is 5.02 Å². The maximum Gasteiger partial charge on any atom is 0.238 e. The number of hydrogen-bond acceptors (Lipinski definition) is 3. The molecular formula is C14H21ClN2O2. The van der Waals surface area contributed by atoms with Crippen LogP contribution < -0.4 is 15.4 Å². The van der Waals surface area contributed by atoms with E-state index in [1.54, 1.807) is 18.2 Å². The van der Waals surface area contributed by atoms with Crippen molar-refractivity contribution in [3.05, 3.63) is 23.2 Å². The highest BCUT2D eigenvalue weighted by molar-refractivity contribution is 6.32. The molecule has 5 heteroatoms. The maximum atomic E-state index is 11.6. The SMILES string of the molecule is CCCOc1ccc(NC(=O)CNC(C)C)cc1Cl. The third-order valence-electron chi connectivity index (χ3n) is 2.35. The molecule has 19 heavy (non-hydrogen) atoms. The molecule has 106 valence electrons. The minimum atomic E-state index is -0.0907. The Hall–Kier alpha value is -1.26. The Labute approximate surface area is 119 Å². The van der Waals surface area contributed by atoms with Gasteiger partial charge in [-0.1, -0.05) is 32.4 Å². The summed E-state index contributed by atoms with van der Waals surface area (Å²) in [6.45, 7) is 6.92. The van der Waals surface area contributed by atoms with Crippen molar-refractivity contribution in [2.24, 2.45) is 0 Å². The highest BCUT2D eigenvalue weighted by Gasteiger charge is 2.06. The first-order chi connectivity index (χ1) is 9.02. The van der Waals surface area contributed by atoms with Crippen LogP contribution in [-0.4, -0.2) is 25.1 Å². The molecule has 1 amide bonds. The van der Waals surface area contributed by atoms with Crippen molar-refractivity contribution in [3.8, 4) is 5.75 Å². The molecule has 1 rings (SSSR count). The first-order valence-electron chi connectivity index (χ1n) is 6.48. The highest BCUT2D eigenvalue weighted by atomic mass is 35.5. The Kier molecular flexibility index (Phi) is 6.67. The zero-order chi connectivity index (χ0) is 14.3. The molecule has 0 aliphatic heterocycles. The summed E-state index contributed by atoms with van der Waals surface area (Å²) in [5.74, 6) is 0.550. The minimum Gasteiger partial charge on any atom is -0.492 e. The fourth-order valence-electron chi connectivity index (χ4n) is 1.41. The van der Waals surface area contributed by atoms with Crippen molar-refractivity contribution >= 4 is 23.2 Å². The molecular weight excluding hydrogens is 264 g/mol. The molecule has 0 aliphatic rings. The largest absolute Gasteiger partial charge is 0.492 e. The number of carbonyl (C=O) groups excluding carboxylic acids is 1. The predicted octanol–water partition coefficient (Wildman–Crippen LogP) is 3.07. The van der Waals surface area contributed by atoms with E-state index in [0.29, 0.717) is 23.1 Å². The van der Waals surface area contributed by atoms with E-state index in [1.807, 2.05) is 20.8 Å². The van der Waals surface area contributed by atoms with E-state index in [4.69, 9.17) is 16.3 Å². The molecule has 0 heterocycles. The van der Waals surface area contributed by atoms with E-state index >= 15 is 0 Å². The van der Waals surface area contributed by atoms with Crippen molar-refractivity contribution in [3.63, 3.8) is 0 Å². The number of hydrogen-bond donors (Lipinski definition) is 2. The molecule has 0 saturated carbocycles. The first kappa shape index (κ1) is 15.8. The summed E-state index contributed by atoms with van der Waals surface area (Å²) < 4.78 is 5.47. The third kappa shape index (κ3) is 5.94. The monoisotopic (exact) mass is 284 g/mol. The third-order valence-corrected chi connectivity index (χ3v) is 2.64. The Morgan fingerprint density at radius 2 is 2.16 bits per heavy atom. The normalized spacial score (nSPS) is 10.6. The van der Waals surface area contributed by atoms with Crippen LogP contribution in [0.5, 0.6) is 5.75 Å². The number of anilines is 1. The summed E-state index contributed by atoms with van der Waals surface area (Å²) in [4.78, 5) is 11.6. The lowest BCUT2D eigenvalue weighted by Gasteiger charge is -2.11. The van der Waals surface area contributed by atoms with Gasteiger partial charge in [-0.05, 0) is 24.6 Å². The molecule has 0 spiro atoms. The van der Waals surface area contributed by atoms with Gasteiger partial charge in [0.15, 0.2) is 0 Å². The molecule has 0 atom stereocenters. The van der Waals surface area contributed by atoms with Gasteiger partial charge < -0.3 is 15.4 Å². The molecule has 0 aromatic heterocycles. The fourth-order valence-corrected chi connectivity index (χ4v) is 1.64. The zero-order valence-electron chi connectivity index (χ0n) is 11.6. The highest BCUT2D eigenvalue weighted by Crippen LogP contribution is 2.27. The number of halogens is 1. The van der Waals surface area contributed by atoms with E-state index in [2.05, 4.69) is 10.6 Å². The van der Waals surface area contributed by atoms with Crippen LogP contribution in [-0.2, 0) is 4.79 Å². The van der Waals surface area contributed by atoms with Crippen LogP contribution in [0.4, 0.5) is 5.69 Å². The maximum absolute atomic E-state index is 11.6. The number of benzene rings is 1. The van der Waals surface area contributed by atoms with Gasteiger partial charge in [-0.3, -0.25) is 4.79 Å². The number of nitrogens with one attached hydrogen (secondary N) is 2. The zero-order valence-corrected chi connectivity index (χ0v) is 12.4. The van der Waals surface area contributed by atoms with Crippen molar-refractivity contribution in [2.45, 2.75) is 33.2 Å². The van der Waals surface area contributed by atoms with Crippen LogP contribution in [0.15, 0.2) is 18.2 Å². The number of rotatable bonds is 7. The summed E-state index contributed by atoms with van der Waals surface area (Å²) in [5, 5.41) is 6.33. The summed E-state index contributed by atoms with van der Waals surface area (Å²) in [6.07, 6.45) is 0.926. The first-order valence-corrected chi connectivity index (χ1v) is 6.86. The smallest absolute Gasteiger partial charge is 0.238 e. The molecule has 1 aromatic carbocycles. The molecule has 0 saturated heterocycles. The van der Waals surface area contributed by atoms with Gasteiger partial charge in [0.05, 0.1) is 18.2 Å². The molecule has 2 N–H and O–H groups in total. The minimum absolute atomic E-state index is 0.0907. The van der Waals surface area contributed by atoms with Crippen LogP contribution >= 0.6 is 11.6 Å². The van der Waals surface area contributed by atoms with Gasteiger partial charge in [0.2, 0.25) is 5.91 Å². The van der Waals surface area contributed by atoms with Crippen LogP contribution in [0.3, 0.4) is 0 Å². The van der Waals surface area contributed by atoms with Crippen LogP contribution in [0.1, 0.15) is 27.2 Å². The van der Waals surface area contributed by atoms with Gasteiger partial charge in [0.25, 0.3) is 0 Å². The lowest BCUT2D eigenvalue weighted by molar-refractivity contribution is -0.115. The topological polar surface area (TPSA) is 50.4 Å². The lowest BCUT2D eigenvalue weighted by Crippen LogP contribution is -2.32. The van der Waals surface area contributed by atoms with Gasteiger partial charge in [-0.2, -0.15) is 0 Å². The second-order valence-corrected chi connectivity index (χ2v) is 4.98. The van der Waals surface area contributed by atoms with Gasteiger partial charge in [0, 0.05) is 11.7 Å². The van der Waals surface area contributed by atoms with E-state index in [9.17, 15) is 4.79 Å². The number of amides is 1. The van der Waals surface area contributed by atoms with Crippen molar-refractivity contribution in [1.29, 1.82) is 0 Å². The van der Waals surface area contributed by atoms with Crippen molar-refractivity contribution in [2.75, 3.05) is 18.5 Å². The van der Waals surface area contributed by atoms with E-state index in [-0.39, 0.29) is 18.5 Å². The summed E-state index contributed by atoms with van der Waals surface area (Å²) >= 11 is 6.08. The fraction of sp³-hybridized carbons (Fsp3) is 0.500. The second-order valence-electron chi connectivity index (χ2n) is 4.58. The molecule has 1 aromatic rings. The van der Waals surface area contributed by atoms with E-state index < -0.39 is 0 Å². The van der Waals surface area contributed by atoms with E-state index in [1.165, 1.54) is 0 Å². The van der Waals surface area contributed by atoms with Crippen molar-refractivity contribution < 1.29 is 9.53 Å². The Morgan fingerprint density at radius 1 is 1.42 bits per heavy atom. The van der Waals surface area contributed by atoms with Crippen LogP contribution in [0, 0.1) is 0 Å². The van der Waals surface area contributed by atoms with Crippen LogP contribution in [0.25, 0.3) is 0 Å². The Bertz CT molecular complexity index is 422. The number of carbonyl (C=O) groups is 1. The van der Waals surface area contributed by atoms with Gasteiger partial charge in [0.1, 0.15) is 5.75 Å². The van der Waals surface area contributed by atoms with Gasteiger partial charge >= 0.3 is 0 Å². The molecule has 0 radical (unpaired) electrons. The predicted molar refractivity (Wildman–Crippen MR) is 79.0 cm³/mol. The molecule has 0 bridgehead atoms. The second kappa shape index (κ2) is 8.02. The van der Waals surface area contributed by atoms with Crippen molar-refractivity contribution in [1.82, 2.24) is 5.32 Å². The summed E-state index contributed by atoms with van der Waals surface area (Å²) in [7, 11) is 0. The van der Waals surface area contributed by atoms with Gasteiger partial charge in [-0.15, -0.1) is 0 Å². The molecule has 0 fully saturated rings. The summed E-state index contributed by atoms with van der Waals surface area (Å²) in [6, 6.07) is 5.52. The Morgan fingerprint density at radius 3 is 2.74 bits per heavy atom. The van der Waals surface area contributed by atoms with Gasteiger partial charge in [-0.25, -0.2) is 0 Å². The summed E-state index contributed by atoms with van der Waals surface area (Å²) in [5.41, 5.74) is 0.671. The quantitative estimate of drug-likeness (QED) is 0.809. The average Bonchev–Trinajstić information content (AvgIpc) is 2.35. The number of ether oxygens (including phenoxy) is 1. The molecule has 0 unspecified atom stereocenters. The molecule has 4 nitrogen and oxygen atoms in total. The standard InChI is InChI=1S/C14H21ClN2O2/c1-4-7-19-13-6-5-11(8-12(13)15)17-14(18)9-16-10(2)3/h5-6,8,10,16H,4,7,9H2,1-3H3,(H,17,18). The Balaban J connectivity index is 2.55. The average molecular weight is 285 g/mol. The lowest BCUT2D eigenvalue weighted by atomic mass is 10.3. The van der Waals surface area contributed by atoms with E-state index in [0.717, 1.165) is 6.42 Å². The molecule has 0 aliphatic carbocycles.